The molecule has 0 amide bonds. The Hall–Kier alpha value is -1.37. The molecular formula is C11H11ClN2O3S. The first kappa shape index (κ1) is 13.1. The van der Waals surface area contributed by atoms with Crippen LogP contribution in [0.5, 0.6) is 0 Å². The zero-order valence-corrected chi connectivity index (χ0v) is 11.1. The van der Waals surface area contributed by atoms with Crippen LogP contribution in [0.4, 0.5) is 0 Å². The fourth-order valence-electron chi connectivity index (χ4n) is 1.46. The van der Waals surface area contributed by atoms with Crippen molar-refractivity contribution in [3.63, 3.8) is 0 Å². The molecule has 0 saturated heterocycles. The number of halogens is 1. The van der Waals surface area contributed by atoms with E-state index in [9.17, 15) is 8.42 Å². The first-order valence-corrected chi connectivity index (χ1v) is 7.33. The van der Waals surface area contributed by atoms with Crippen molar-refractivity contribution >= 4 is 21.4 Å². The van der Waals surface area contributed by atoms with Crippen molar-refractivity contribution in [2.24, 2.45) is 0 Å². The molecule has 7 heteroatoms. The van der Waals surface area contributed by atoms with Crippen molar-refractivity contribution in [3.05, 3.63) is 41.2 Å². The fourth-order valence-corrected chi connectivity index (χ4v) is 2.28. The van der Waals surface area contributed by atoms with Crippen LogP contribution in [0.25, 0.3) is 5.69 Å². The third-order valence-corrected chi connectivity index (χ3v) is 3.80. The van der Waals surface area contributed by atoms with E-state index in [1.54, 1.807) is 18.2 Å². The summed E-state index contributed by atoms with van der Waals surface area (Å²) in [5, 5.41) is 13.3. The molecule has 0 atom stereocenters. The Morgan fingerprint density at radius 1 is 1.44 bits per heavy atom. The molecule has 5 nitrogen and oxygen atoms in total. The van der Waals surface area contributed by atoms with Crippen molar-refractivity contribution in [1.29, 1.82) is 0 Å². The summed E-state index contributed by atoms with van der Waals surface area (Å²) in [6, 6.07) is 4.98. The minimum atomic E-state index is -3.28. The predicted molar refractivity (Wildman–Crippen MR) is 67.6 cm³/mol. The lowest BCUT2D eigenvalue weighted by Gasteiger charge is -2.05. The van der Waals surface area contributed by atoms with E-state index in [0.717, 1.165) is 6.26 Å². The smallest absolute Gasteiger partial charge is 0.178 e. The zero-order valence-electron chi connectivity index (χ0n) is 9.54. The summed E-state index contributed by atoms with van der Waals surface area (Å²) < 4.78 is 24.1. The predicted octanol–water partition coefficient (Wildman–Crippen LogP) is 1.42. The lowest BCUT2D eigenvalue weighted by Crippen LogP contribution is -1.97. The summed E-state index contributed by atoms with van der Waals surface area (Å²) in [6.45, 7) is -0.103. The summed E-state index contributed by atoms with van der Waals surface area (Å²) in [5.74, 6) is 0. The zero-order chi connectivity index (χ0) is 13.3. The Morgan fingerprint density at radius 3 is 2.67 bits per heavy atom. The van der Waals surface area contributed by atoms with Crippen molar-refractivity contribution in [3.8, 4) is 5.69 Å². The lowest BCUT2D eigenvalue weighted by atomic mass is 10.2. The van der Waals surface area contributed by atoms with Crippen LogP contribution in [0, 0.1) is 0 Å². The molecule has 0 aliphatic heterocycles. The number of aliphatic hydroxyl groups is 1. The van der Waals surface area contributed by atoms with Gasteiger partial charge in [-0.15, -0.1) is 0 Å². The van der Waals surface area contributed by atoms with E-state index < -0.39 is 9.84 Å². The van der Waals surface area contributed by atoms with Crippen molar-refractivity contribution in [1.82, 2.24) is 9.78 Å². The molecule has 1 N–H and O–H groups in total. The number of hydrogen-bond acceptors (Lipinski definition) is 4. The first-order chi connectivity index (χ1) is 8.41. The highest BCUT2D eigenvalue weighted by Crippen LogP contribution is 2.22. The SMILES string of the molecule is CS(=O)(=O)c1cnn(-c2ccc(CO)cc2Cl)c1. The van der Waals surface area contributed by atoms with Crippen LogP contribution in [0.15, 0.2) is 35.5 Å². The normalized spacial score (nSPS) is 11.7. The molecule has 0 aliphatic carbocycles. The third-order valence-electron chi connectivity index (χ3n) is 2.43. The Bertz CT molecular complexity index is 679. The van der Waals surface area contributed by atoms with Crippen LogP contribution in [0.3, 0.4) is 0 Å². The molecule has 0 unspecified atom stereocenters. The number of nitrogens with zero attached hydrogens (tertiary/aromatic N) is 2. The van der Waals surface area contributed by atoms with Gasteiger partial charge >= 0.3 is 0 Å². The van der Waals surface area contributed by atoms with Crippen molar-refractivity contribution in [2.45, 2.75) is 11.5 Å². The van der Waals surface area contributed by atoms with Gasteiger partial charge in [0.15, 0.2) is 9.84 Å². The number of rotatable bonds is 3. The number of aliphatic hydroxyl groups excluding tert-OH is 1. The molecule has 2 rings (SSSR count). The van der Waals surface area contributed by atoms with E-state index in [-0.39, 0.29) is 11.5 Å². The third kappa shape index (κ3) is 2.55. The van der Waals surface area contributed by atoms with E-state index >= 15 is 0 Å². The van der Waals surface area contributed by atoms with Crippen LogP contribution >= 0.6 is 11.6 Å². The average molecular weight is 287 g/mol. The fraction of sp³-hybridized carbons (Fsp3) is 0.182. The van der Waals surface area contributed by atoms with Gasteiger partial charge in [-0.25, -0.2) is 13.1 Å². The minimum absolute atomic E-state index is 0.103. The number of hydrogen-bond donors (Lipinski definition) is 1. The van der Waals surface area contributed by atoms with Crippen molar-refractivity contribution in [2.75, 3.05) is 6.26 Å². The molecule has 96 valence electrons. The monoisotopic (exact) mass is 286 g/mol. The van der Waals surface area contributed by atoms with Gasteiger partial charge in [0.25, 0.3) is 0 Å². The van der Waals surface area contributed by atoms with Gasteiger partial charge in [-0.3, -0.25) is 0 Å². The second-order valence-corrected chi connectivity index (χ2v) is 6.26. The molecular weight excluding hydrogens is 276 g/mol. The first-order valence-electron chi connectivity index (χ1n) is 5.06. The highest BCUT2D eigenvalue weighted by atomic mass is 35.5. The lowest BCUT2D eigenvalue weighted by molar-refractivity contribution is 0.282. The van der Waals surface area contributed by atoms with Gasteiger partial charge in [0.2, 0.25) is 0 Å². The molecule has 0 bridgehead atoms. The highest BCUT2D eigenvalue weighted by Gasteiger charge is 2.12. The minimum Gasteiger partial charge on any atom is -0.392 e. The molecule has 0 spiro atoms. The molecule has 0 fully saturated rings. The topological polar surface area (TPSA) is 72.2 Å². The Balaban J connectivity index is 2.47. The van der Waals surface area contributed by atoms with Crippen LogP contribution < -0.4 is 0 Å². The van der Waals surface area contributed by atoms with Gasteiger partial charge in [0, 0.05) is 12.5 Å². The largest absolute Gasteiger partial charge is 0.392 e. The maximum atomic E-state index is 11.3. The second-order valence-electron chi connectivity index (χ2n) is 3.84. The standard InChI is InChI=1S/C11H11ClN2O3S/c1-18(16,17)9-5-13-14(6-9)11-3-2-8(7-15)4-10(11)12/h2-6,15H,7H2,1H3. The van der Waals surface area contributed by atoms with E-state index in [4.69, 9.17) is 16.7 Å². The molecule has 1 heterocycles. The van der Waals surface area contributed by atoms with Gasteiger partial charge in [0.1, 0.15) is 4.90 Å². The van der Waals surface area contributed by atoms with E-state index in [0.29, 0.717) is 16.3 Å². The number of aromatic nitrogens is 2. The van der Waals surface area contributed by atoms with E-state index in [1.165, 1.54) is 17.1 Å². The van der Waals surface area contributed by atoms with Crippen LogP contribution in [-0.4, -0.2) is 29.6 Å². The number of benzene rings is 1. The van der Waals surface area contributed by atoms with Gasteiger partial charge in [0.05, 0.1) is 23.5 Å². The summed E-state index contributed by atoms with van der Waals surface area (Å²) in [4.78, 5) is 0.129. The Morgan fingerprint density at radius 2 is 2.17 bits per heavy atom. The molecule has 1 aromatic carbocycles. The maximum Gasteiger partial charge on any atom is 0.178 e. The molecule has 0 aliphatic rings. The molecule has 1 aromatic heterocycles. The summed E-state index contributed by atoms with van der Waals surface area (Å²) in [7, 11) is -3.28. The van der Waals surface area contributed by atoms with Crippen molar-refractivity contribution < 1.29 is 13.5 Å². The number of sulfone groups is 1. The Kier molecular flexibility index (Phi) is 3.43. The quantitative estimate of drug-likeness (QED) is 0.926. The Labute approximate surface area is 110 Å². The van der Waals surface area contributed by atoms with Crippen LogP contribution in [0.1, 0.15) is 5.56 Å². The highest BCUT2D eigenvalue weighted by molar-refractivity contribution is 7.90. The van der Waals surface area contributed by atoms with Crippen LogP contribution in [0.2, 0.25) is 5.02 Å². The van der Waals surface area contributed by atoms with E-state index in [2.05, 4.69) is 5.10 Å². The summed E-state index contributed by atoms with van der Waals surface area (Å²) in [6.07, 6.45) is 3.78. The van der Waals surface area contributed by atoms with E-state index in [1.807, 2.05) is 0 Å². The summed E-state index contributed by atoms with van der Waals surface area (Å²) in [5.41, 5.74) is 1.24. The van der Waals surface area contributed by atoms with Gasteiger partial charge in [-0.05, 0) is 17.7 Å². The molecule has 2 aromatic rings. The maximum absolute atomic E-state index is 11.3. The average Bonchev–Trinajstić information content (AvgIpc) is 2.77. The van der Waals surface area contributed by atoms with Gasteiger partial charge in [-0.1, -0.05) is 17.7 Å². The second kappa shape index (κ2) is 4.72. The summed E-state index contributed by atoms with van der Waals surface area (Å²) >= 11 is 6.04. The molecule has 0 saturated carbocycles. The van der Waals surface area contributed by atoms with Gasteiger partial charge < -0.3 is 5.11 Å². The van der Waals surface area contributed by atoms with Gasteiger partial charge in [-0.2, -0.15) is 5.10 Å². The molecule has 18 heavy (non-hydrogen) atoms. The van der Waals surface area contributed by atoms with Crippen LogP contribution in [-0.2, 0) is 16.4 Å². The molecule has 0 radical (unpaired) electrons.